The standard InChI is InChI=1S/C11H14O3/c12-7-11-9(13)6-10(14-11)8-4-2-1-3-5-8/h1-5,9-13H,6-7H2/t9?,10-,11+/m0/s1. The summed E-state index contributed by atoms with van der Waals surface area (Å²) in [6.07, 6.45) is -0.497. The monoisotopic (exact) mass is 194 g/mol. The fraction of sp³-hybridized carbons (Fsp3) is 0.455. The largest absolute Gasteiger partial charge is 0.394 e. The van der Waals surface area contributed by atoms with Crippen molar-refractivity contribution < 1.29 is 14.9 Å². The van der Waals surface area contributed by atoms with E-state index in [1.165, 1.54) is 0 Å². The van der Waals surface area contributed by atoms with Crippen molar-refractivity contribution in [3.8, 4) is 0 Å². The van der Waals surface area contributed by atoms with Crippen LogP contribution in [0.25, 0.3) is 0 Å². The highest BCUT2D eigenvalue weighted by atomic mass is 16.5. The number of aliphatic hydroxyl groups excluding tert-OH is 2. The molecule has 1 aliphatic rings. The van der Waals surface area contributed by atoms with Gasteiger partial charge in [0.05, 0.1) is 18.8 Å². The highest BCUT2D eigenvalue weighted by Crippen LogP contribution is 2.32. The van der Waals surface area contributed by atoms with E-state index < -0.39 is 12.2 Å². The molecule has 3 nitrogen and oxygen atoms in total. The van der Waals surface area contributed by atoms with Gasteiger partial charge in [-0.1, -0.05) is 30.3 Å². The van der Waals surface area contributed by atoms with Crippen LogP contribution in [-0.2, 0) is 4.74 Å². The average Bonchev–Trinajstić information content (AvgIpc) is 2.61. The Balaban J connectivity index is 2.09. The first-order chi connectivity index (χ1) is 6.81. The van der Waals surface area contributed by atoms with E-state index in [-0.39, 0.29) is 12.7 Å². The molecule has 2 N–H and O–H groups in total. The van der Waals surface area contributed by atoms with Crippen molar-refractivity contribution in [1.82, 2.24) is 0 Å². The van der Waals surface area contributed by atoms with Crippen molar-refractivity contribution in [2.45, 2.75) is 24.7 Å². The number of rotatable bonds is 2. The van der Waals surface area contributed by atoms with Crippen molar-refractivity contribution in [2.24, 2.45) is 0 Å². The lowest BCUT2D eigenvalue weighted by molar-refractivity contribution is -0.0225. The number of benzene rings is 1. The summed E-state index contributed by atoms with van der Waals surface area (Å²) in [7, 11) is 0. The first-order valence-electron chi connectivity index (χ1n) is 4.80. The molecule has 1 unspecified atom stereocenters. The van der Waals surface area contributed by atoms with Crippen LogP contribution in [0.4, 0.5) is 0 Å². The summed E-state index contributed by atoms with van der Waals surface area (Å²) in [6.45, 7) is -0.121. The van der Waals surface area contributed by atoms with Gasteiger partial charge < -0.3 is 14.9 Å². The minimum atomic E-state index is -0.551. The molecule has 0 aromatic heterocycles. The van der Waals surface area contributed by atoms with Gasteiger partial charge in [-0.05, 0) is 5.56 Å². The molecule has 1 heterocycles. The Morgan fingerprint density at radius 1 is 1.29 bits per heavy atom. The molecule has 0 saturated carbocycles. The highest BCUT2D eigenvalue weighted by molar-refractivity contribution is 5.18. The van der Waals surface area contributed by atoms with Crippen LogP contribution in [-0.4, -0.2) is 29.0 Å². The lowest BCUT2D eigenvalue weighted by atomic mass is 10.1. The summed E-state index contributed by atoms with van der Waals surface area (Å²) in [6, 6.07) is 9.77. The van der Waals surface area contributed by atoms with Crippen LogP contribution in [0, 0.1) is 0 Å². The molecule has 0 bridgehead atoms. The smallest absolute Gasteiger partial charge is 0.107 e. The van der Waals surface area contributed by atoms with Gasteiger partial charge in [-0.15, -0.1) is 0 Å². The van der Waals surface area contributed by atoms with Crippen LogP contribution < -0.4 is 0 Å². The van der Waals surface area contributed by atoms with Gasteiger partial charge in [0.15, 0.2) is 0 Å². The van der Waals surface area contributed by atoms with E-state index in [1.807, 2.05) is 30.3 Å². The van der Waals surface area contributed by atoms with Gasteiger partial charge in [0.25, 0.3) is 0 Å². The molecule has 1 aromatic carbocycles. The van der Waals surface area contributed by atoms with Crippen LogP contribution in [0.1, 0.15) is 18.1 Å². The van der Waals surface area contributed by atoms with Gasteiger partial charge in [0, 0.05) is 6.42 Å². The summed E-state index contributed by atoms with van der Waals surface area (Å²) >= 11 is 0. The lowest BCUT2D eigenvalue weighted by Gasteiger charge is -2.11. The summed E-state index contributed by atoms with van der Waals surface area (Å²) in [4.78, 5) is 0. The van der Waals surface area contributed by atoms with Crippen molar-refractivity contribution in [3.05, 3.63) is 35.9 Å². The van der Waals surface area contributed by atoms with Crippen molar-refractivity contribution in [3.63, 3.8) is 0 Å². The van der Waals surface area contributed by atoms with Gasteiger partial charge in [-0.2, -0.15) is 0 Å². The Hall–Kier alpha value is -0.900. The highest BCUT2D eigenvalue weighted by Gasteiger charge is 2.33. The number of aliphatic hydroxyl groups is 2. The zero-order chi connectivity index (χ0) is 9.97. The summed E-state index contributed by atoms with van der Waals surface area (Å²) < 4.78 is 5.51. The molecular weight excluding hydrogens is 180 g/mol. The molecule has 14 heavy (non-hydrogen) atoms. The van der Waals surface area contributed by atoms with Crippen LogP contribution >= 0.6 is 0 Å². The second-order valence-electron chi connectivity index (χ2n) is 3.56. The quantitative estimate of drug-likeness (QED) is 0.734. The second kappa shape index (κ2) is 4.09. The molecule has 0 spiro atoms. The van der Waals surface area contributed by atoms with Gasteiger partial charge in [-0.3, -0.25) is 0 Å². The molecule has 0 amide bonds. The zero-order valence-electron chi connectivity index (χ0n) is 7.84. The topological polar surface area (TPSA) is 49.7 Å². The van der Waals surface area contributed by atoms with E-state index in [4.69, 9.17) is 9.84 Å². The fourth-order valence-corrected chi connectivity index (χ4v) is 1.78. The third-order valence-corrected chi connectivity index (χ3v) is 2.58. The van der Waals surface area contributed by atoms with Gasteiger partial charge in [0.1, 0.15) is 6.10 Å². The molecule has 1 fully saturated rings. The first-order valence-corrected chi connectivity index (χ1v) is 4.80. The molecular formula is C11H14O3. The average molecular weight is 194 g/mol. The molecule has 0 radical (unpaired) electrons. The molecule has 3 atom stereocenters. The Kier molecular flexibility index (Phi) is 2.82. The number of ether oxygens (including phenoxy) is 1. The van der Waals surface area contributed by atoms with Crippen molar-refractivity contribution >= 4 is 0 Å². The normalized spacial score (nSPS) is 32.0. The predicted molar refractivity (Wildman–Crippen MR) is 51.8 cm³/mol. The van der Waals surface area contributed by atoms with Crippen LogP contribution in [0.2, 0.25) is 0 Å². The first kappa shape index (κ1) is 9.65. The van der Waals surface area contributed by atoms with Crippen LogP contribution in [0.5, 0.6) is 0 Å². The molecule has 0 aliphatic carbocycles. The van der Waals surface area contributed by atoms with E-state index >= 15 is 0 Å². The van der Waals surface area contributed by atoms with E-state index in [1.54, 1.807) is 0 Å². The zero-order valence-corrected chi connectivity index (χ0v) is 7.84. The predicted octanol–water partition coefficient (Wildman–Crippen LogP) is 0.870. The maximum atomic E-state index is 9.54. The minimum absolute atomic E-state index is 0.0802. The maximum Gasteiger partial charge on any atom is 0.107 e. The molecule has 1 aliphatic heterocycles. The number of hydrogen-bond donors (Lipinski definition) is 2. The van der Waals surface area contributed by atoms with E-state index in [9.17, 15) is 5.11 Å². The Morgan fingerprint density at radius 2 is 2.00 bits per heavy atom. The van der Waals surface area contributed by atoms with Crippen molar-refractivity contribution in [2.75, 3.05) is 6.61 Å². The summed E-state index contributed by atoms with van der Waals surface area (Å²) in [5.74, 6) is 0. The Morgan fingerprint density at radius 3 is 2.57 bits per heavy atom. The molecule has 1 saturated heterocycles. The van der Waals surface area contributed by atoms with Crippen molar-refractivity contribution in [1.29, 1.82) is 0 Å². The third kappa shape index (κ3) is 1.80. The van der Waals surface area contributed by atoms with Crippen LogP contribution in [0.3, 0.4) is 0 Å². The lowest BCUT2D eigenvalue weighted by Crippen LogP contribution is -2.24. The fourth-order valence-electron chi connectivity index (χ4n) is 1.78. The molecule has 2 rings (SSSR count). The van der Waals surface area contributed by atoms with E-state index in [2.05, 4.69) is 0 Å². The SMILES string of the molecule is OC[C@H]1O[C@H](c2ccccc2)CC1O. The summed E-state index contributed by atoms with van der Waals surface area (Å²) in [5, 5.41) is 18.5. The summed E-state index contributed by atoms with van der Waals surface area (Å²) in [5.41, 5.74) is 1.06. The molecule has 3 heteroatoms. The molecule has 76 valence electrons. The molecule has 1 aromatic rings. The van der Waals surface area contributed by atoms with Gasteiger partial charge in [0.2, 0.25) is 0 Å². The second-order valence-corrected chi connectivity index (χ2v) is 3.56. The van der Waals surface area contributed by atoms with Gasteiger partial charge >= 0.3 is 0 Å². The van der Waals surface area contributed by atoms with E-state index in [0.29, 0.717) is 6.42 Å². The maximum absolute atomic E-state index is 9.54. The Labute approximate surface area is 83.0 Å². The number of hydrogen-bond acceptors (Lipinski definition) is 3. The van der Waals surface area contributed by atoms with Gasteiger partial charge in [-0.25, -0.2) is 0 Å². The van der Waals surface area contributed by atoms with Crippen LogP contribution in [0.15, 0.2) is 30.3 Å². The van der Waals surface area contributed by atoms with E-state index in [0.717, 1.165) is 5.56 Å². The third-order valence-electron chi connectivity index (χ3n) is 2.58. The minimum Gasteiger partial charge on any atom is -0.394 e. The Bertz CT molecular complexity index is 286.